The van der Waals surface area contributed by atoms with Crippen molar-refractivity contribution in [1.29, 1.82) is 0 Å². The predicted octanol–water partition coefficient (Wildman–Crippen LogP) is 1.39. The van der Waals surface area contributed by atoms with Crippen molar-refractivity contribution in [2.75, 3.05) is 18.1 Å². The molecule has 1 atom stereocenters. The Hall–Kier alpha value is -1.20. The lowest BCUT2D eigenvalue weighted by atomic mass is 10.1. The first-order chi connectivity index (χ1) is 8.16. The van der Waals surface area contributed by atoms with Gasteiger partial charge in [0, 0.05) is 24.6 Å². The topological polar surface area (TPSA) is 60.8 Å². The zero-order chi connectivity index (χ0) is 12.3. The lowest BCUT2D eigenvalue weighted by Crippen LogP contribution is -2.46. The number of aliphatic carboxylic acids is 1. The fraction of sp³-hybridized carbons (Fsp3) is 0.417. The van der Waals surface area contributed by atoms with Gasteiger partial charge in [-0.15, -0.1) is 0 Å². The summed E-state index contributed by atoms with van der Waals surface area (Å²) >= 11 is 1.69. The summed E-state index contributed by atoms with van der Waals surface area (Å²) in [6.07, 6.45) is 0. The van der Waals surface area contributed by atoms with E-state index in [0.717, 1.165) is 17.9 Å². The fourth-order valence-electron chi connectivity index (χ4n) is 1.89. The van der Waals surface area contributed by atoms with Crippen molar-refractivity contribution in [3.05, 3.63) is 29.8 Å². The van der Waals surface area contributed by atoms with Crippen molar-refractivity contribution >= 4 is 17.7 Å². The third kappa shape index (κ3) is 3.14. The molecule has 17 heavy (non-hydrogen) atoms. The van der Waals surface area contributed by atoms with E-state index in [-0.39, 0.29) is 5.75 Å². The summed E-state index contributed by atoms with van der Waals surface area (Å²) in [5.74, 6) is 1.10. The zero-order valence-electron chi connectivity index (χ0n) is 9.37. The van der Waals surface area contributed by atoms with Gasteiger partial charge in [-0.3, -0.25) is 9.69 Å². The Kier molecular flexibility index (Phi) is 3.91. The number of phenols is 1. The van der Waals surface area contributed by atoms with Crippen molar-refractivity contribution in [2.45, 2.75) is 12.6 Å². The van der Waals surface area contributed by atoms with Crippen LogP contribution in [0.3, 0.4) is 0 Å². The summed E-state index contributed by atoms with van der Waals surface area (Å²) in [4.78, 5) is 13.1. The summed E-state index contributed by atoms with van der Waals surface area (Å²) in [6.45, 7) is 1.42. The molecule has 4 nitrogen and oxygen atoms in total. The average Bonchev–Trinajstić information content (AvgIpc) is 2.32. The van der Waals surface area contributed by atoms with Crippen LogP contribution in [0.1, 0.15) is 5.56 Å². The maximum Gasteiger partial charge on any atom is 0.321 e. The summed E-state index contributed by atoms with van der Waals surface area (Å²) in [5, 5.41) is 18.3. The normalized spacial score (nSPS) is 21.3. The Bertz CT molecular complexity index is 393. The van der Waals surface area contributed by atoms with E-state index in [1.54, 1.807) is 23.9 Å². The summed E-state index contributed by atoms with van der Waals surface area (Å²) < 4.78 is 0. The molecule has 2 rings (SSSR count). The van der Waals surface area contributed by atoms with Crippen LogP contribution in [0.4, 0.5) is 0 Å². The Morgan fingerprint density at radius 1 is 1.41 bits per heavy atom. The molecular weight excluding hydrogens is 238 g/mol. The maximum atomic E-state index is 11.1. The molecular formula is C12H15NO3S. The molecule has 1 heterocycles. The van der Waals surface area contributed by atoms with E-state index in [9.17, 15) is 9.90 Å². The Balaban J connectivity index is 2.05. The number of nitrogens with zero attached hydrogens (tertiary/aromatic N) is 1. The van der Waals surface area contributed by atoms with Gasteiger partial charge in [-0.05, 0) is 17.7 Å². The first-order valence-electron chi connectivity index (χ1n) is 5.49. The van der Waals surface area contributed by atoms with Gasteiger partial charge in [-0.25, -0.2) is 0 Å². The lowest BCUT2D eigenvalue weighted by molar-refractivity contribution is -0.142. The van der Waals surface area contributed by atoms with Crippen molar-refractivity contribution in [3.63, 3.8) is 0 Å². The highest BCUT2D eigenvalue weighted by Crippen LogP contribution is 2.20. The van der Waals surface area contributed by atoms with Crippen LogP contribution >= 0.6 is 11.8 Å². The van der Waals surface area contributed by atoms with Gasteiger partial charge < -0.3 is 10.2 Å². The molecule has 0 amide bonds. The fourth-order valence-corrected chi connectivity index (χ4v) is 3.00. The molecule has 1 aromatic carbocycles. The second-order valence-corrected chi connectivity index (χ2v) is 5.22. The van der Waals surface area contributed by atoms with E-state index < -0.39 is 12.0 Å². The zero-order valence-corrected chi connectivity index (χ0v) is 10.2. The Morgan fingerprint density at radius 2 is 2.12 bits per heavy atom. The number of benzene rings is 1. The van der Waals surface area contributed by atoms with Crippen molar-refractivity contribution < 1.29 is 15.0 Å². The number of rotatable bonds is 3. The van der Waals surface area contributed by atoms with Crippen molar-refractivity contribution in [2.24, 2.45) is 0 Å². The number of hydrogen-bond donors (Lipinski definition) is 2. The highest BCUT2D eigenvalue weighted by molar-refractivity contribution is 7.99. The third-order valence-electron chi connectivity index (χ3n) is 2.85. The quantitative estimate of drug-likeness (QED) is 0.852. The van der Waals surface area contributed by atoms with E-state index in [4.69, 9.17) is 5.11 Å². The van der Waals surface area contributed by atoms with Gasteiger partial charge in [0.15, 0.2) is 0 Å². The van der Waals surface area contributed by atoms with Crippen molar-refractivity contribution in [1.82, 2.24) is 4.90 Å². The second kappa shape index (κ2) is 5.42. The van der Waals surface area contributed by atoms with Gasteiger partial charge in [0.05, 0.1) is 0 Å². The van der Waals surface area contributed by atoms with Crippen LogP contribution in [-0.4, -0.2) is 45.2 Å². The molecule has 0 aliphatic carbocycles. The van der Waals surface area contributed by atoms with Gasteiger partial charge >= 0.3 is 5.97 Å². The molecule has 5 heteroatoms. The van der Waals surface area contributed by atoms with E-state index in [2.05, 4.69) is 0 Å². The molecule has 1 saturated heterocycles. The number of phenolic OH excluding ortho intramolecular Hbond substituents is 1. The molecule has 1 fully saturated rings. The molecule has 2 N–H and O–H groups in total. The van der Waals surface area contributed by atoms with Crippen LogP contribution in [0.15, 0.2) is 24.3 Å². The SMILES string of the molecule is O=C(O)C1CSCCN1Cc1ccc(O)cc1. The molecule has 0 saturated carbocycles. The summed E-state index contributed by atoms with van der Waals surface area (Å²) in [6, 6.07) is 6.52. The molecule has 0 spiro atoms. The molecule has 1 aliphatic rings. The number of aromatic hydroxyl groups is 1. The number of carbonyl (C=O) groups is 1. The predicted molar refractivity (Wildman–Crippen MR) is 67.3 cm³/mol. The van der Waals surface area contributed by atoms with Crippen LogP contribution in [0.5, 0.6) is 5.75 Å². The van der Waals surface area contributed by atoms with Crippen molar-refractivity contribution in [3.8, 4) is 5.75 Å². The average molecular weight is 253 g/mol. The van der Waals surface area contributed by atoms with Crippen LogP contribution in [0, 0.1) is 0 Å². The van der Waals surface area contributed by atoms with Gasteiger partial charge in [0.2, 0.25) is 0 Å². The highest BCUT2D eigenvalue weighted by Gasteiger charge is 2.28. The second-order valence-electron chi connectivity index (χ2n) is 4.07. The first-order valence-corrected chi connectivity index (χ1v) is 6.65. The van der Waals surface area contributed by atoms with Gasteiger partial charge in [0.25, 0.3) is 0 Å². The number of thioether (sulfide) groups is 1. The minimum atomic E-state index is -0.754. The van der Waals surface area contributed by atoms with E-state index in [0.29, 0.717) is 12.3 Å². The number of carboxylic acids is 1. The van der Waals surface area contributed by atoms with E-state index in [1.807, 2.05) is 17.0 Å². The van der Waals surface area contributed by atoms with Crippen LogP contribution < -0.4 is 0 Å². The van der Waals surface area contributed by atoms with E-state index >= 15 is 0 Å². The number of carboxylic acid groups (broad SMARTS) is 1. The largest absolute Gasteiger partial charge is 0.508 e. The smallest absolute Gasteiger partial charge is 0.321 e. The minimum absolute atomic E-state index is 0.234. The first kappa shape index (κ1) is 12.3. The summed E-state index contributed by atoms with van der Waals surface area (Å²) in [5.41, 5.74) is 1.03. The molecule has 92 valence electrons. The van der Waals surface area contributed by atoms with Crippen LogP contribution in [0.25, 0.3) is 0 Å². The molecule has 0 bridgehead atoms. The van der Waals surface area contributed by atoms with Gasteiger partial charge in [-0.2, -0.15) is 11.8 Å². The van der Waals surface area contributed by atoms with E-state index in [1.165, 1.54) is 0 Å². The molecule has 1 aromatic rings. The molecule has 0 radical (unpaired) electrons. The highest BCUT2D eigenvalue weighted by atomic mass is 32.2. The minimum Gasteiger partial charge on any atom is -0.508 e. The monoisotopic (exact) mass is 253 g/mol. The standard InChI is InChI=1S/C12H15NO3S/c14-10-3-1-9(2-4-10)7-13-5-6-17-8-11(13)12(15)16/h1-4,11,14H,5-8H2,(H,15,16). The van der Waals surface area contributed by atoms with Gasteiger partial charge in [-0.1, -0.05) is 12.1 Å². The maximum absolute atomic E-state index is 11.1. The Labute approximate surface area is 104 Å². The molecule has 1 aliphatic heterocycles. The third-order valence-corrected chi connectivity index (χ3v) is 3.87. The van der Waals surface area contributed by atoms with Crippen LogP contribution in [-0.2, 0) is 11.3 Å². The van der Waals surface area contributed by atoms with Crippen LogP contribution in [0.2, 0.25) is 0 Å². The lowest BCUT2D eigenvalue weighted by Gasteiger charge is -2.32. The van der Waals surface area contributed by atoms with Gasteiger partial charge in [0.1, 0.15) is 11.8 Å². The number of hydrogen-bond acceptors (Lipinski definition) is 4. The Morgan fingerprint density at radius 3 is 2.76 bits per heavy atom. The molecule has 0 aromatic heterocycles. The molecule has 1 unspecified atom stereocenters. The summed E-state index contributed by atoms with van der Waals surface area (Å²) in [7, 11) is 0.